The zero-order valence-corrected chi connectivity index (χ0v) is 11.4. The number of nitrogens with two attached hydrogens (primary N) is 1. The molecule has 2 nitrogen and oxygen atoms in total. The van der Waals surface area contributed by atoms with E-state index in [-0.39, 0.29) is 0 Å². The van der Waals surface area contributed by atoms with Crippen LogP contribution in [0.2, 0.25) is 0 Å². The second kappa shape index (κ2) is 5.08. The lowest BCUT2D eigenvalue weighted by atomic mass is 10.1. The Morgan fingerprint density at radius 1 is 1.44 bits per heavy atom. The van der Waals surface area contributed by atoms with Crippen LogP contribution in [0.15, 0.2) is 28.9 Å². The quantitative estimate of drug-likeness (QED) is 0.944. The maximum atomic E-state index is 5.54. The SMILES string of the molecule is Cc1ccc(Cc2cnc(CN)s2)c(Br)c1. The summed E-state index contributed by atoms with van der Waals surface area (Å²) in [6.07, 6.45) is 2.83. The first kappa shape index (κ1) is 11.8. The Morgan fingerprint density at radius 2 is 2.25 bits per heavy atom. The third-order valence-electron chi connectivity index (χ3n) is 2.35. The van der Waals surface area contributed by atoms with E-state index < -0.39 is 0 Å². The van der Waals surface area contributed by atoms with Gasteiger partial charge >= 0.3 is 0 Å². The number of aromatic nitrogens is 1. The summed E-state index contributed by atoms with van der Waals surface area (Å²) in [6.45, 7) is 2.62. The lowest BCUT2D eigenvalue weighted by molar-refractivity contribution is 1.04. The van der Waals surface area contributed by atoms with Crippen molar-refractivity contribution in [3.8, 4) is 0 Å². The summed E-state index contributed by atoms with van der Waals surface area (Å²) in [5.74, 6) is 0. The first-order chi connectivity index (χ1) is 7.69. The number of halogens is 1. The summed E-state index contributed by atoms with van der Waals surface area (Å²) in [5, 5.41) is 0.998. The van der Waals surface area contributed by atoms with E-state index in [4.69, 9.17) is 5.73 Å². The highest BCUT2D eigenvalue weighted by Gasteiger charge is 2.05. The molecule has 0 bridgehead atoms. The fourth-order valence-corrected chi connectivity index (χ4v) is 2.97. The van der Waals surface area contributed by atoms with Gasteiger partial charge in [0.2, 0.25) is 0 Å². The van der Waals surface area contributed by atoms with E-state index in [1.165, 1.54) is 16.0 Å². The van der Waals surface area contributed by atoms with Gasteiger partial charge in [-0.15, -0.1) is 11.3 Å². The molecule has 0 fully saturated rings. The Hall–Kier alpha value is -0.710. The molecule has 1 aromatic heterocycles. The van der Waals surface area contributed by atoms with Crippen molar-refractivity contribution in [2.24, 2.45) is 5.73 Å². The molecule has 1 aromatic carbocycles. The molecule has 0 saturated carbocycles. The van der Waals surface area contributed by atoms with Crippen LogP contribution in [0.4, 0.5) is 0 Å². The van der Waals surface area contributed by atoms with Gasteiger partial charge in [-0.1, -0.05) is 28.1 Å². The van der Waals surface area contributed by atoms with Gasteiger partial charge in [-0.2, -0.15) is 0 Å². The molecule has 2 aromatic rings. The number of thiazole rings is 1. The average molecular weight is 297 g/mol. The van der Waals surface area contributed by atoms with E-state index in [0.29, 0.717) is 6.54 Å². The van der Waals surface area contributed by atoms with Gasteiger partial charge in [0.05, 0.1) is 0 Å². The van der Waals surface area contributed by atoms with Gasteiger partial charge in [0, 0.05) is 28.5 Å². The molecule has 1 heterocycles. The summed E-state index contributed by atoms with van der Waals surface area (Å²) < 4.78 is 1.16. The summed E-state index contributed by atoms with van der Waals surface area (Å²) in [4.78, 5) is 5.51. The fraction of sp³-hybridized carbons (Fsp3) is 0.250. The second-order valence-corrected chi connectivity index (χ2v) is 5.75. The van der Waals surface area contributed by atoms with Gasteiger partial charge in [0.15, 0.2) is 0 Å². The predicted octanol–water partition coefficient (Wildman–Crippen LogP) is 3.26. The van der Waals surface area contributed by atoms with Gasteiger partial charge in [-0.05, 0) is 24.1 Å². The molecule has 84 valence electrons. The molecule has 0 saturated heterocycles. The molecule has 0 aliphatic carbocycles. The number of nitrogens with zero attached hydrogens (tertiary/aromatic N) is 1. The molecule has 2 N–H and O–H groups in total. The van der Waals surface area contributed by atoms with Crippen molar-refractivity contribution in [1.29, 1.82) is 0 Å². The Bertz CT molecular complexity index is 494. The van der Waals surface area contributed by atoms with Crippen molar-refractivity contribution >= 4 is 27.3 Å². The van der Waals surface area contributed by atoms with Crippen LogP contribution in [0.1, 0.15) is 21.0 Å². The molecule has 0 spiro atoms. The van der Waals surface area contributed by atoms with Gasteiger partial charge in [-0.3, -0.25) is 0 Å². The molecule has 0 aliphatic rings. The summed E-state index contributed by atoms with van der Waals surface area (Å²) >= 11 is 5.27. The monoisotopic (exact) mass is 296 g/mol. The average Bonchev–Trinajstić information content (AvgIpc) is 2.70. The maximum absolute atomic E-state index is 5.54. The number of aryl methyl sites for hydroxylation is 1. The van der Waals surface area contributed by atoms with E-state index in [1.807, 2.05) is 6.20 Å². The molecular formula is C12H13BrN2S. The zero-order chi connectivity index (χ0) is 11.5. The fourth-order valence-electron chi connectivity index (χ4n) is 1.51. The molecule has 0 atom stereocenters. The van der Waals surface area contributed by atoms with Gasteiger partial charge in [-0.25, -0.2) is 4.98 Å². The van der Waals surface area contributed by atoms with Crippen LogP contribution in [0, 0.1) is 6.92 Å². The minimum Gasteiger partial charge on any atom is -0.325 e. The molecule has 0 aliphatic heterocycles. The van der Waals surface area contributed by atoms with Crippen molar-refractivity contribution in [3.63, 3.8) is 0 Å². The second-order valence-electron chi connectivity index (χ2n) is 3.70. The van der Waals surface area contributed by atoms with E-state index in [0.717, 1.165) is 15.9 Å². The van der Waals surface area contributed by atoms with Crippen LogP contribution in [0.3, 0.4) is 0 Å². The third kappa shape index (κ3) is 2.70. The Morgan fingerprint density at radius 3 is 2.88 bits per heavy atom. The van der Waals surface area contributed by atoms with Crippen LogP contribution in [-0.2, 0) is 13.0 Å². The lowest BCUT2D eigenvalue weighted by Crippen LogP contribution is -1.93. The summed E-state index contributed by atoms with van der Waals surface area (Å²) in [7, 11) is 0. The highest BCUT2D eigenvalue weighted by Crippen LogP contribution is 2.23. The van der Waals surface area contributed by atoms with Crippen molar-refractivity contribution in [2.75, 3.05) is 0 Å². The molecule has 0 radical (unpaired) electrons. The standard InChI is InChI=1S/C12H13BrN2S/c1-8-2-3-9(11(13)4-8)5-10-7-15-12(6-14)16-10/h2-4,7H,5-6,14H2,1H3. The maximum Gasteiger partial charge on any atom is 0.106 e. The Balaban J connectivity index is 2.20. The van der Waals surface area contributed by atoms with Gasteiger partial charge in [0.25, 0.3) is 0 Å². The van der Waals surface area contributed by atoms with Gasteiger partial charge < -0.3 is 5.73 Å². The third-order valence-corrected chi connectivity index (χ3v) is 4.11. The topological polar surface area (TPSA) is 38.9 Å². The highest BCUT2D eigenvalue weighted by atomic mass is 79.9. The minimum absolute atomic E-state index is 0.528. The van der Waals surface area contributed by atoms with Crippen LogP contribution in [-0.4, -0.2) is 4.98 Å². The Labute approximate surface area is 108 Å². The number of benzene rings is 1. The number of hydrogen-bond donors (Lipinski definition) is 1. The number of hydrogen-bond acceptors (Lipinski definition) is 3. The van der Waals surface area contributed by atoms with E-state index in [1.54, 1.807) is 11.3 Å². The zero-order valence-electron chi connectivity index (χ0n) is 9.03. The van der Waals surface area contributed by atoms with Gasteiger partial charge in [0.1, 0.15) is 5.01 Å². The molecule has 0 unspecified atom stereocenters. The van der Waals surface area contributed by atoms with Crippen molar-refractivity contribution < 1.29 is 0 Å². The first-order valence-electron chi connectivity index (χ1n) is 5.07. The largest absolute Gasteiger partial charge is 0.325 e. The van der Waals surface area contributed by atoms with Crippen molar-refractivity contribution in [3.05, 3.63) is 49.9 Å². The van der Waals surface area contributed by atoms with E-state index in [9.17, 15) is 0 Å². The minimum atomic E-state index is 0.528. The van der Waals surface area contributed by atoms with Crippen LogP contribution in [0.25, 0.3) is 0 Å². The van der Waals surface area contributed by atoms with E-state index in [2.05, 4.69) is 46.0 Å². The lowest BCUT2D eigenvalue weighted by Gasteiger charge is -2.03. The smallest absolute Gasteiger partial charge is 0.106 e. The highest BCUT2D eigenvalue weighted by molar-refractivity contribution is 9.10. The summed E-state index contributed by atoms with van der Waals surface area (Å²) in [6, 6.07) is 6.42. The first-order valence-corrected chi connectivity index (χ1v) is 6.68. The Kier molecular flexibility index (Phi) is 3.74. The van der Waals surface area contributed by atoms with Crippen LogP contribution in [0.5, 0.6) is 0 Å². The molecular weight excluding hydrogens is 284 g/mol. The molecule has 0 amide bonds. The van der Waals surface area contributed by atoms with E-state index >= 15 is 0 Å². The summed E-state index contributed by atoms with van der Waals surface area (Å²) in [5.41, 5.74) is 8.10. The van der Waals surface area contributed by atoms with Crippen LogP contribution >= 0.6 is 27.3 Å². The normalized spacial score (nSPS) is 10.7. The predicted molar refractivity (Wildman–Crippen MR) is 71.7 cm³/mol. The molecule has 2 rings (SSSR count). The molecule has 16 heavy (non-hydrogen) atoms. The van der Waals surface area contributed by atoms with Crippen LogP contribution < -0.4 is 5.73 Å². The van der Waals surface area contributed by atoms with Crippen molar-refractivity contribution in [2.45, 2.75) is 19.9 Å². The molecule has 4 heteroatoms. The van der Waals surface area contributed by atoms with Crippen molar-refractivity contribution in [1.82, 2.24) is 4.98 Å². The number of rotatable bonds is 3.